The number of carbonyl (C=O) groups excluding carboxylic acids is 2. The van der Waals surface area contributed by atoms with E-state index in [1.807, 2.05) is 0 Å². The number of aromatic nitrogens is 3. The van der Waals surface area contributed by atoms with Crippen LogP contribution in [0.1, 0.15) is 70.8 Å². The Balaban J connectivity index is 1.55. The Morgan fingerprint density at radius 3 is 2.37 bits per heavy atom. The summed E-state index contributed by atoms with van der Waals surface area (Å²) < 4.78 is 83.9. The van der Waals surface area contributed by atoms with Crippen LogP contribution in [0.3, 0.4) is 0 Å². The van der Waals surface area contributed by atoms with Crippen LogP contribution < -0.4 is 11.1 Å². The molecule has 0 radical (unpaired) electrons. The Kier molecular flexibility index (Phi) is 8.00. The summed E-state index contributed by atoms with van der Waals surface area (Å²) in [6.07, 6.45) is -2.17. The average Bonchev–Trinajstić information content (AvgIpc) is 3.68. The van der Waals surface area contributed by atoms with Gasteiger partial charge in [-0.2, -0.15) is 18.3 Å². The molecule has 2 heterocycles. The van der Waals surface area contributed by atoms with Crippen molar-refractivity contribution < 1.29 is 35.9 Å². The molecule has 13 heteroatoms. The van der Waals surface area contributed by atoms with Crippen LogP contribution in [0.15, 0.2) is 60.8 Å². The second kappa shape index (κ2) is 11.5. The van der Waals surface area contributed by atoms with Crippen molar-refractivity contribution in [2.75, 3.05) is 0 Å². The molecule has 2 unspecified atom stereocenters. The number of amides is 2. The second-order valence-electron chi connectivity index (χ2n) is 10.4. The Morgan fingerprint density at radius 2 is 1.74 bits per heavy atom. The van der Waals surface area contributed by atoms with Crippen LogP contribution in [0.25, 0.3) is 11.1 Å². The molecule has 0 spiro atoms. The number of carbonyl (C=O) groups is 2. The molecule has 0 aliphatic heterocycles. The van der Waals surface area contributed by atoms with E-state index in [0.29, 0.717) is 30.0 Å². The highest BCUT2D eigenvalue weighted by molar-refractivity contribution is 5.94. The summed E-state index contributed by atoms with van der Waals surface area (Å²) in [5.41, 5.74) is 5.09. The summed E-state index contributed by atoms with van der Waals surface area (Å²) in [6, 6.07) is 8.27. The predicted molar refractivity (Wildman–Crippen MR) is 143 cm³/mol. The van der Waals surface area contributed by atoms with E-state index in [1.165, 1.54) is 25.3 Å². The molecule has 43 heavy (non-hydrogen) atoms. The van der Waals surface area contributed by atoms with Gasteiger partial charge in [0, 0.05) is 29.4 Å². The lowest BCUT2D eigenvalue weighted by Gasteiger charge is -2.24. The average molecular weight is 602 g/mol. The van der Waals surface area contributed by atoms with Crippen LogP contribution in [0, 0.1) is 17.5 Å². The van der Waals surface area contributed by atoms with Crippen LogP contribution in [-0.2, 0) is 17.4 Å². The molecule has 1 fully saturated rings. The third-order valence-electron chi connectivity index (χ3n) is 7.19. The number of hydrogen-bond acceptors (Lipinski definition) is 4. The van der Waals surface area contributed by atoms with Crippen molar-refractivity contribution in [1.82, 2.24) is 20.1 Å². The fourth-order valence-corrected chi connectivity index (χ4v) is 4.95. The molecule has 3 N–H and O–H groups in total. The van der Waals surface area contributed by atoms with E-state index in [9.17, 15) is 35.9 Å². The Hall–Kier alpha value is -4.68. The van der Waals surface area contributed by atoms with Crippen molar-refractivity contribution in [3.05, 3.63) is 106 Å². The number of rotatable bonds is 9. The number of hydrogen-bond donors (Lipinski definition) is 2. The zero-order valence-corrected chi connectivity index (χ0v) is 22.6. The molecule has 224 valence electrons. The fraction of sp³-hybridized carbons (Fsp3) is 0.267. The fourth-order valence-electron chi connectivity index (χ4n) is 4.95. The number of nitrogens with two attached hydrogens (primary N) is 1. The van der Waals surface area contributed by atoms with E-state index < -0.39 is 53.2 Å². The quantitative estimate of drug-likeness (QED) is 0.229. The molecular weight excluding hydrogens is 576 g/mol. The SMILES string of the molecule is CC(C(=O)NC(Cc1cc(F)cc(F)c1)c1ncccc1-c1ccc(F)c(C(N)=O)c1)n1nc(C(F)(F)F)cc1C1CC1. The van der Waals surface area contributed by atoms with Gasteiger partial charge in [0.25, 0.3) is 5.91 Å². The van der Waals surface area contributed by atoms with Gasteiger partial charge >= 0.3 is 6.18 Å². The maximum absolute atomic E-state index is 14.2. The largest absolute Gasteiger partial charge is 0.435 e. The highest BCUT2D eigenvalue weighted by atomic mass is 19.4. The maximum Gasteiger partial charge on any atom is 0.435 e. The first kappa shape index (κ1) is 29.8. The molecule has 2 atom stereocenters. The number of halogens is 6. The molecule has 1 saturated carbocycles. The number of primary amides is 1. The first-order valence-electron chi connectivity index (χ1n) is 13.3. The van der Waals surface area contributed by atoms with Crippen molar-refractivity contribution in [3.8, 4) is 11.1 Å². The zero-order chi connectivity index (χ0) is 31.1. The summed E-state index contributed by atoms with van der Waals surface area (Å²) in [4.78, 5) is 29.8. The normalized spacial score (nSPS) is 14.8. The van der Waals surface area contributed by atoms with Crippen molar-refractivity contribution in [2.45, 2.75) is 50.4 Å². The first-order chi connectivity index (χ1) is 20.3. The van der Waals surface area contributed by atoms with Crippen molar-refractivity contribution in [1.29, 1.82) is 0 Å². The number of benzene rings is 2. The highest BCUT2D eigenvalue weighted by Crippen LogP contribution is 2.43. The standard InChI is InChI=1S/C30H25F6N5O2/c1-15(41-25(17-4-5-17)14-26(40-41)30(34,35)36)29(43)39-24(11-16-9-19(31)13-20(32)10-16)27-21(3-2-8-38-27)18-6-7-23(33)22(12-18)28(37)42/h2-3,6-10,12-15,17,24H,4-5,11H2,1H3,(H2,37,42)(H,39,43). The first-order valence-corrected chi connectivity index (χ1v) is 13.3. The second-order valence-corrected chi connectivity index (χ2v) is 10.4. The zero-order valence-electron chi connectivity index (χ0n) is 22.6. The summed E-state index contributed by atoms with van der Waals surface area (Å²) in [6.45, 7) is 1.39. The topological polar surface area (TPSA) is 103 Å². The Bertz CT molecular complexity index is 1680. The molecule has 5 rings (SSSR count). The van der Waals surface area contributed by atoms with Crippen LogP contribution in [-0.4, -0.2) is 26.6 Å². The van der Waals surface area contributed by atoms with Gasteiger partial charge in [0.2, 0.25) is 5.91 Å². The van der Waals surface area contributed by atoms with Gasteiger partial charge in [-0.1, -0.05) is 12.1 Å². The number of nitrogens with zero attached hydrogens (tertiary/aromatic N) is 3. The van der Waals surface area contributed by atoms with Crippen molar-refractivity contribution in [3.63, 3.8) is 0 Å². The van der Waals surface area contributed by atoms with Gasteiger partial charge in [-0.3, -0.25) is 19.3 Å². The molecule has 1 aliphatic rings. The van der Waals surface area contributed by atoms with E-state index in [1.54, 1.807) is 12.1 Å². The lowest BCUT2D eigenvalue weighted by Crippen LogP contribution is -2.36. The molecule has 4 aromatic rings. The Labute approximate surface area is 241 Å². The van der Waals surface area contributed by atoms with Gasteiger partial charge < -0.3 is 11.1 Å². The molecule has 2 aromatic carbocycles. The number of alkyl halides is 3. The van der Waals surface area contributed by atoms with Crippen molar-refractivity contribution >= 4 is 11.8 Å². The molecule has 2 aromatic heterocycles. The van der Waals surface area contributed by atoms with Crippen LogP contribution in [0.5, 0.6) is 0 Å². The minimum atomic E-state index is -4.71. The third-order valence-corrected chi connectivity index (χ3v) is 7.19. The van der Waals surface area contributed by atoms with Gasteiger partial charge in [-0.05, 0) is 73.7 Å². The van der Waals surface area contributed by atoms with E-state index in [4.69, 9.17) is 5.73 Å². The number of nitrogens with one attached hydrogen (secondary N) is 1. The van der Waals surface area contributed by atoms with E-state index in [0.717, 1.165) is 28.9 Å². The van der Waals surface area contributed by atoms with Crippen LogP contribution >= 0.6 is 0 Å². The lowest BCUT2D eigenvalue weighted by atomic mass is 9.94. The van der Waals surface area contributed by atoms with E-state index in [-0.39, 0.29) is 34.9 Å². The van der Waals surface area contributed by atoms with Crippen LogP contribution in [0.2, 0.25) is 0 Å². The highest BCUT2D eigenvalue weighted by Gasteiger charge is 2.39. The summed E-state index contributed by atoms with van der Waals surface area (Å²) >= 11 is 0. The minimum absolute atomic E-state index is 0.154. The lowest BCUT2D eigenvalue weighted by molar-refractivity contribution is -0.142. The van der Waals surface area contributed by atoms with Gasteiger partial charge in [0.1, 0.15) is 23.5 Å². The maximum atomic E-state index is 14.2. The summed E-state index contributed by atoms with van der Waals surface area (Å²) in [7, 11) is 0. The smallest absolute Gasteiger partial charge is 0.366 e. The van der Waals surface area contributed by atoms with Gasteiger partial charge in [-0.15, -0.1) is 0 Å². The predicted octanol–water partition coefficient (Wildman–Crippen LogP) is 6.02. The summed E-state index contributed by atoms with van der Waals surface area (Å²) in [5.74, 6) is -4.46. The van der Waals surface area contributed by atoms with Gasteiger partial charge in [0.05, 0.1) is 17.3 Å². The van der Waals surface area contributed by atoms with Crippen LogP contribution in [0.4, 0.5) is 26.3 Å². The minimum Gasteiger partial charge on any atom is -0.366 e. The van der Waals surface area contributed by atoms with E-state index in [2.05, 4.69) is 15.4 Å². The van der Waals surface area contributed by atoms with Crippen molar-refractivity contribution in [2.24, 2.45) is 5.73 Å². The van der Waals surface area contributed by atoms with E-state index >= 15 is 0 Å². The molecule has 0 saturated heterocycles. The molecule has 1 aliphatic carbocycles. The molecule has 0 bridgehead atoms. The van der Waals surface area contributed by atoms with Gasteiger partial charge in [0.15, 0.2) is 5.69 Å². The Morgan fingerprint density at radius 1 is 1.05 bits per heavy atom. The monoisotopic (exact) mass is 601 g/mol. The number of pyridine rings is 1. The molecule has 7 nitrogen and oxygen atoms in total. The summed E-state index contributed by atoms with van der Waals surface area (Å²) in [5, 5.41) is 6.45. The molecule has 2 amide bonds. The van der Waals surface area contributed by atoms with Gasteiger partial charge in [-0.25, -0.2) is 13.2 Å². The molecular formula is C30H25F6N5O2. The third kappa shape index (κ3) is 6.55.